The van der Waals surface area contributed by atoms with Gasteiger partial charge in [-0.2, -0.15) is 13.2 Å². The van der Waals surface area contributed by atoms with E-state index in [0.717, 1.165) is 11.3 Å². The van der Waals surface area contributed by atoms with Crippen LogP contribution in [0.4, 0.5) is 13.2 Å². The molecule has 0 saturated carbocycles. The maximum atomic E-state index is 11.8. The summed E-state index contributed by atoms with van der Waals surface area (Å²) in [7, 11) is 0. The Bertz CT molecular complexity index is 313. The number of hydrogen-bond donors (Lipinski definition) is 0. The molecule has 0 aliphatic rings. The van der Waals surface area contributed by atoms with Crippen molar-refractivity contribution in [3.05, 3.63) is 21.9 Å². The fourth-order valence-corrected chi connectivity index (χ4v) is 1.79. The predicted molar refractivity (Wildman–Crippen MR) is 44.1 cm³/mol. The monoisotopic (exact) mass is 208 g/mol. The smallest absolute Gasteiger partial charge is 0.293 e. The van der Waals surface area contributed by atoms with Crippen molar-refractivity contribution < 1.29 is 18.0 Å². The van der Waals surface area contributed by atoms with Crippen LogP contribution in [-0.4, -0.2) is 12.0 Å². The lowest BCUT2D eigenvalue weighted by molar-refractivity contribution is -0.125. The van der Waals surface area contributed by atoms with Gasteiger partial charge in [0.1, 0.15) is 6.42 Å². The summed E-state index contributed by atoms with van der Waals surface area (Å²) in [5.74, 6) is -0.847. The number of halogens is 3. The molecule has 0 N–H and O–H groups in total. The standard InChI is InChI=1S/C8H7F3OS/c1-5-2-3-13-7(5)6(12)4-8(9,10)11/h2-3H,4H2,1H3. The van der Waals surface area contributed by atoms with Crippen molar-refractivity contribution in [2.45, 2.75) is 19.5 Å². The average molecular weight is 208 g/mol. The van der Waals surface area contributed by atoms with Gasteiger partial charge in [0.2, 0.25) is 0 Å². The number of hydrogen-bond acceptors (Lipinski definition) is 2. The van der Waals surface area contributed by atoms with Crippen LogP contribution in [-0.2, 0) is 0 Å². The van der Waals surface area contributed by atoms with Gasteiger partial charge in [0.25, 0.3) is 0 Å². The molecule has 0 amide bonds. The van der Waals surface area contributed by atoms with Crippen molar-refractivity contribution in [1.29, 1.82) is 0 Å². The maximum absolute atomic E-state index is 11.8. The fraction of sp³-hybridized carbons (Fsp3) is 0.375. The lowest BCUT2D eigenvalue weighted by Crippen LogP contribution is -2.14. The van der Waals surface area contributed by atoms with E-state index < -0.39 is 18.4 Å². The zero-order valence-corrected chi connectivity index (χ0v) is 7.63. The first-order valence-corrected chi connectivity index (χ1v) is 4.42. The third kappa shape index (κ3) is 2.84. The van der Waals surface area contributed by atoms with E-state index >= 15 is 0 Å². The van der Waals surface area contributed by atoms with Gasteiger partial charge in [-0.25, -0.2) is 0 Å². The van der Waals surface area contributed by atoms with Crippen LogP contribution in [0.1, 0.15) is 21.7 Å². The molecular weight excluding hydrogens is 201 g/mol. The molecule has 1 rings (SSSR count). The highest BCUT2D eigenvalue weighted by Gasteiger charge is 2.32. The minimum atomic E-state index is -4.41. The minimum Gasteiger partial charge on any atom is -0.293 e. The fourth-order valence-electron chi connectivity index (χ4n) is 0.921. The summed E-state index contributed by atoms with van der Waals surface area (Å²) in [6.07, 6.45) is -5.78. The number of alkyl halides is 3. The second-order valence-corrected chi connectivity index (χ2v) is 3.56. The molecule has 0 fully saturated rings. The largest absolute Gasteiger partial charge is 0.396 e. The van der Waals surface area contributed by atoms with Crippen LogP contribution in [0.2, 0.25) is 0 Å². The normalized spacial score (nSPS) is 11.7. The first kappa shape index (κ1) is 10.2. The second kappa shape index (κ2) is 3.49. The molecular formula is C8H7F3OS. The molecule has 0 radical (unpaired) electrons. The van der Waals surface area contributed by atoms with E-state index in [2.05, 4.69) is 0 Å². The van der Waals surface area contributed by atoms with Crippen molar-refractivity contribution in [3.63, 3.8) is 0 Å². The van der Waals surface area contributed by atoms with E-state index in [1.165, 1.54) is 0 Å². The Morgan fingerprint density at radius 2 is 2.15 bits per heavy atom. The first-order chi connectivity index (χ1) is 5.90. The highest BCUT2D eigenvalue weighted by Crippen LogP contribution is 2.25. The van der Waals surface area contributed by atoms with Crippen LogP contribution < -0.4 is 0 Å². The van der Waals surface area contributed by atoms with Crippen molar-refractivity contribution in [2.24, 2.45) is 0 Å². The number of thiophene rings is 1. The highest BCUT2D eigenvalue weighted by atomic mass is 32.1. The molecule has 72 valence electrons. The second-order valence-electron chi connectivity index (χ2n) is 2.65. The van der Waals surface area contributed by atoms with Crippen molar-refractivity contribution in [3.8, 4) is 0 Å². The number of Topliss-reactive ketones (excluding diaryl/α,β-unsaturated/α-hetero) is 1. The number of carbonyl (C=O) groups excluding carboxylic acids is 1. The van der Waals surface area contributed by atoms with Crippen molar-refractivity contribution in [1.82, 2.24) is 0 Å². The van der Waals surface area contributed by atoms with Gasteiger partial charge >= 0.3 is 6.18 Å². The lowest BCUT2D eigenvalue weighted by Gasteiger charge is -2.03. The number of ketones is 1. The van der Waals surface area contributed by atoms with Crippen LogP contribution in [0.15, 0.2) is 11.4 Å². The van der Waals surface area contributed by atoms with Crippen molar-refractivity contribution >= 4 is 17.1 Å². The molecule has 1 aromatic rings. The van der Waals surface area contributed by atoms with Crippen LogP contribution >= 0.6 is 11.3 Å². The Balaban J connectivity index is 2.76. The molecule has 0 aromatic carbocycles. The topological polar surface area (TPSA) is 17.1 Å². The van der Waals surface area contributed by atoms with Gasteiger partial charge in [-0.15, -0.1) is 11.3 Å². The summed E-state index contributed by atoms with van der Waals surface area (Å²) in [4.78, 5) is 11.2. The van der Waals surface area contributed by atoms with Crippen molar-refractivity contribution in [2.75, 3.05) is 0 Å². The molecule has 0 atom stereocenters. The minimum absolute atomic E-state index is 0.206. The number of aryl methyl sites for hydroxylation is 1. The molecule has 5 heteroatoms. The van der Waals surface area contributed by atoms with Gasteiger partial charge in [0, 0.05) is 0 Å². The Morgan fingerprint density at radius 1 is 1.54 bits per heavy atom. The molecule has 0 bridgehead atoms. The highest BCUT2D eigenvalue weighted by molar-refractivity contribution is 7.12. The molecule has 0 spiro atoms. The first-order valence-electron chi connectivity index (χ1n) is 3.54. The summed E-state index contributed by atoms with van der Waals surface area (Å²) in [6.45, 7) is 1.63. The van der Waals surface area contributed by atoms with Crippen LogP contribution in [0.25, 0.3) is 0 Å². The summed E-state index contributed by atoms with van der Waals surface area (Å²) in [5.41, 5.74) is 0.610. The van der Waals surface area contributed by atoms with Gasteiger partial charge in [-0.05, 0) is 23.9 Å². The van der Waals surface area contributed by atoms with Gasteiger partial charge in [0.15, 0.2) is 5.78 Å². The average Bonchev–Trinajstić information content (AvgIpc) is 2.30. The van der Waals surface area contributed by atoms with E-state index in [4.69, 9.17) is 0 Å². The zero-order chi connectivity index (χ0) is 10.1. The van der Waals surface area contributed by atoms with E-state index in [1.54, 1.807) is 18.4 Å². The molecule has 1 aromatic heterocycles. The SMILES string of the molecule is Cc1ccsc1C(=O)CC(F)(F)F. The van der Waals surface area contributed by atoms with Gasteiger partial charge in [-0.1, -0.05) is 0 Å². The molecule has 1 nitrogen and oxygen atoms in total. The Hall–Kier alpha value is -0.840. The summed E-state index contributed by atoms with van der Waals surface area (Å²) >= 11 is 1.05. The predicted octanol–water partition coefficient (Wildman–Crippen LogP) is 3.19. The van der Waals surface area contributed by atoms with Gasteiger partial charge in [-0.3, -0.25) is 4.79 Å². The van der Waals surface area contributed by atoms with Crippen LogP contribution in [0.3, 0.4) is 0 Å². The Kier molecular flexibility index (Phi) is 2.75. The summed E-state index contributed by atoms with van der Waals surface area (Å²) in [5, 5.41) is 1.61. The molecule has 1 heterocycles. The van der Waals surface area contributed by atoms with E-state index in [9.17, 15) is 18.0 Å². The molecule has 0 aliphatic carbocycles. The van der Waals surface area contributed by atoms with E-state index in [0.29, 0.717) is 5.56 Å². The Morgan fingerprint density at radius 3 is 2.54 bits per heavy atom. The number of rotatable bonds is 2. The van der Waals surface area contributed by atoms with E-state index in [1.807, 2.05) is 0 Å². The van der Waals surface area contributed by atoms with Crippen LogP contribution in [0, 0.1) is 6.92 Å². The van der Waals surface area contributed by atoms with E-state index in [-0.39, 0.29) is 4.88 Å². The number of carbonyl (C=O) groups is 1. The molecule has 13 heavy (non-hydrogen) atoms. The van der Waals surface area contributed by atoms with Gasteiger partial charge < -0.3 is 0 Å². The molecule has 0 saturated heterocycles. The summed E-state index contributed by atoms with van der Waals surface area (Å²) in [6, 6.07) is 1.63. The lowest BCUT2D eigenvalue weighted by atomic mass is 10.2. The quantitative estimate of drug-likeness (QED) is 0.682. The molecule has 0 unspecified atom stereocenters. The maximum Gasteiger partial charge on any atom is 0.396 e. The van der Waals surface area contributed by atoms with Crippen LogP contribution in [0.5, 0.6) is 0 Å². The molecule has 0 aliphatic heterocycles. The van der Waals surface area contributed by atoms with Gasteiger partial charge in [0.05, 0.1) is 4.88 Å². The third-order valence-corrected chi connectivity index (χ3v) is 2.53. The summed E-state index contributed by atoms with van der Waals surface area (Å²) < 4.78 is 35.4. The zero-order valence-electron chi connectivity index (χ0n) is 6.81. The Labute approximate surface area is 77.2 Å². The third-order valence-electron chi connectivity index (χ3n) is 1.48.